The summed E-state index contributed by atoms with van der Waals surface area (Å²) in [5.41, 5.74) is 3.60. The molecule has 4 aromatic rings. The Morgan fingerprint density at radius 1 is 1.10 bits per heavy atom. The largest absolute Gasteiger partial charge is 0.422 e. The predicted molar refractivity (Wildman–Crippen MR) is 127 cm³/mol. The summed E-state index contributed by atoms with van der Waals surface area (Å²) in [4.78, 5) is 30.1. The molecule has 0 bridgehead atoms. The van der Waals surface area contributed by atoms with Crippen LogP contribution in [0.2, 0.25) is 5.02 Å². The average Bonchev–Trinajstić information content (AvgIpc) is 2.71. The third-order valence-corrected chi connectivity index (χ3v) is 6.56. The maximum absolute atomic E-state index is 13.2. The first-order valence-electron chi connectivity index (χ1n) is 10.1. The molecule has 31 heavy (non-hydrogen) atoms. The summed E-state index contributed by atoms with van der Waals surface area (Å²) in [7, 11) is 0. The second-order valence-electron chi connectivity index (χ2n) is 8.13. The van der Waals surface area contributed by atoms with Crippen LogP contribution >= 0.6 is 23.4 Å². The molecule has 0 aliphatic rings. The molecule has 0 radical (unpaired) electrons. The monoisotopic (exact) mass is 454 g/mol. The molecule has 2 aromatic carbocycles. The van der Waals surface area contributed by atoms with E-state index in [2.05, 4.69) is 13.8 Å². The number of nitrogens with zero attached hydrogens (tertiary/aromatic N) is 2. The average molecular weight is 455 g/mol. The predicted octanol–water partition coefficient (Wildman–Crippen LogP) is 5.72. The van der Waals surface area contributed by atoms with E-state index < -0.39 is 0 Å². The fourth-order valence-electron chi connectivity index (χ4n) is 3.60. The van der Waals surface area contributed by atoms with E-state index in [9.17, 15) is 9.59 Å². The van der Waals surface area contributed by atoms with Gasteiger partial charge in [-0.05, 0) is 54.7 Å². The number of thioether (sulfide) groups is 1. The van der Waals surface area contributed by atoms with Crippen molar-refractivity contribution in [2.45, 2.75) is 45.1 Å². The van der Waals surface area contributed by atoms with Crippen molar-refractivity contribution in [3.05, 3.63) is 78.9 Å². The standard InChI is InChI=1S/C24H23ClN2O3S/c1-13(2)11-27-23(29)19-8-6-17(25)10-20(19)26-24(27)31-12-16-9-21(28)30-22-15(4)14(3)5-7-18(16)22/h5-10,13H,11-12H2,1-4H3. The summed E-state index contributed by atoms with van der Waals surface area (Å²) in [6.45, 7) is 8.63. The summed E-state index contributed by atoms with van der Waals surface area (Å²) in [6.07, 6.45) is 0. The minimum absolute atomic E-state index is 0.0817. The van der Waals surface area contributed by atoms with Gasteiger partial charge in [0, 0.05) is 28.8 Å². The van der Waals surface area contributed by atoms with E-state index in [0.717, 1.165) is 22.1 Å². The van der Waals surface area contributed by atoms with E-state index in [1.165, 1.54) is 17.8 Å². The zero-order chi connectivity index (χ0) is 22.3. The maximum atomic E-state index is 13.2. The van der Waals surface area contributed by atoms with Crippen LogP contribution in [0.3, 0.4) is 0 Å². The van der Waals surface area contributed by atoms with Gasteiger partial charge < -0.3 is 4.42 Å². The van der Waals surface area contributed by atoms with E-state index in [4.69, 9.17) is 21.0 Å². The van der Waals surface area contributed by atoms with E-state index in [1.54, 1.807) is 22.8 Å². The lowest BCUT2D eigenvalue weighted by Crippen LogP contribution is -2.25. The number of rotatable bonds is 5. The molecule has 4 rings (SSSR count). The zero-order valence-corrected chi connectivity index (χ0v) is 19.4. The minimum Gasteiger partial charge on any atom is -0.422 e. The Morgan fingerprint density at radius 2 is 1.84 bits per heavy atom. The van der Waals surface area contributed by atoms with Crippen LogP contribution in [0.4, 0.5) is 0 Å². The van der Waals surface area contributed by atoms with Crippen molar-refractivity contribution in [3.8, 4) is 0 Å². The molecule has 2 aromatic heterocycles. The normalized spacial score (nSPS) is 11.7. The van der Waals surface area contributed by atoms with Gasteiger partial charge in [-0.15, -0.1) is 0 Å². The van der Waals surface area contributed by atoms with Crippen molar-refractivity contribution in [2.24, 2.45) is 5.92 Å². The van der Waals surface area contributed by atoms with Crippen molar-refractivity contribution < 1.29 is 4.42 Å². The van der Waals surface area contributed by atoms with Crippen molar-refractivity contribution in [3.63, 3.8) is 0 Å². The highest BCUT2D eigenvalue weighted by atomic mass is 35.5. The number of hydrogen-bond donors (Lipinski definition) is 0. The van der Waals surface area contributed by atoms with Gasteiger partial charge in [-0.3, -0.25) is 9.36 Å². The molecule has 0 amide bonds. The van der Waals surface area contributed by atoms with Crippen LogP contribution in [-0.4, -0.2) is 9.55 Å². The first kappa shape index (κ1) is 21.7. The van der Waals surface area contributed by atoms with Gasteiger partial charge in [-0.2, -0.15) is 0 Å². The summed E-state index contributed by atoms with van der Waals surface area (Å²) >= 11 is 7.57. The first-order chi connectivity index (χ1) is 14.7. The molecule has 0 unspecified atom stereocenters. The van der Waals surface area contributed by atoms with Crippen LogP contribution in [0, 0.1) is 19.8 Å². The van der Waals surface area contributed by atoms with Crippen LogP contribution in [0.25, 0.3) is 21.9 Å². The lowest BCUT2D eigenvalue weighted by molar-refractivity contribution is 0.475. The van der Waals surface area contributed by atoms with Crippen molar-refractivity contribution >= 4 is 45.2 Å². The summed E-state index contributed by atoms with van der Waals surface area (Å²) in [5, 5.41) is 2.59. The molecule has 160 valence electrons. The van der Waals surface area contributed by atoms with Crippen LogP contribution in [0.15, 0.2) is 55.6 Å². The Morgan fingerprint density at radius 3 is 2.58 bits per heavy atom. The fraction of sp³-hybridized carbons (Fsp3) is 0.292. The lowest BCUT2D eigenvalue weighted by atomic mass is 10.0. The molecule has 0 atom stereocenters. The van der Waals surface area contributed by atoms with Crippen LogP contribution in [0.1, 0.15) is 30.5 Å². The van der Waals surface area contributed by atoms with Gasteiger partial charge in [0.05, 0.1) is 10.9 Å². The Kier molecular flexibility index (Phi) is 5.95. The number of benzene rings is 2. The number of fused-ring (bicyclic) bond motifs is 2. The van der Waals surface area contributed by atoms with Gasteiger partial charge >= 0.3 is 5.63 Å². The van der Waals surface area contributed by atoms with Crippen LogP contribution in [-0.2, 0) is 12.3 Å². The third kappa shape index (κ3) is 4.27. The first-order valence-corrected chi connectivity index (χ1v) is 11.5. The summed E-state index contributed by atoms with van der Waals surface area (Å²) in [5.74, 6) is 0.764. The Labute approximate surface area is 189 Å². The van der Waals surface area contributed by atoms with E-state index in [0.29, 0.717) is 39.0 Å². The third-order valence-electron chi connectivity index (χ3n) is 5.30. The van der Waals surface area contributed by atoms with Gasteiger partial charge in [0.25, 0.3) is 5.56 Å². The number of hydrogen-bond acceptors (Lipinski definition) is 5. The molecule has 5 nitrogen and oxygen atoms in total. The van der Waals surface area contributed by atoms with Crippen LogP contribution in [0.5, 0.6) is 0 Å². The SMILES string of the molecule is Cc1ccc2c(CSc3nc4cc(Cl)ccc4c(=O)n3CC(C)C)cc(=O)oc2c1C. The van der Waals surface area contributed by atoms with Gasteiger partial charge in [0.2, 0.25) is 0 Å². The highest BCUT2D eigenvalue weighted by Crippen LogP contribution is 2.29. The summed E-state index contributed by atoms with van der Waals surface area (Å²) < 4.78 is 7.20. The minimum atomic E-state index is -0.380. The van der Waals surface area contributed by atoms with Gasteiger partial charge in [-0.1, -0.05) is 49.3 Å². The highest BCUT2D eigenvalue weighted by molar-refractivity contribution is 7.98. The number of aromatic nitrogens is 2. The number of aryl methyl sites for hydroxylation is 2. The lowest BCUT2D eigenvalue weighted by Gasteiger charge is -2.15. The molecule has 2 heterocycles. The highest BCUT2D eigenvalue weighted by Gasteiger charge is 2.15. The van der Waals surface area contributed by atoms with Gasteiger partial charge in [0.15, 0.2) is 5.16 Å². The molecule has 0 saturated carbocycles. The molecule has 0 aliphatic heterocycles. The Hall–Kier alpha value is -2.57. The molecule has 7 heteroatoms. The molecule has 0 N–H and O–H groups in total. The van der Waals surface area contributed by atoms with Crippen molar-refractivity contribution in [1.82, 2.24) is 9.55 Å². The maximum Gasteiger partial charge on any atom is 0.336 e. The molecular weight excluding hydrogens is 432 g/mol. The Bertz CT molecular complexity index is 1420. The van der Waals surface area contributed by atoms with E-state index in [1.807, 2.05) is 26.0 Å². The quantitative estimate of drug-likeness (QED) is 0.219. The van der Waals surface area contributed by atoms with Gasteiger partial charge in [0.1, 0.15) is 5.58 Å². The number of halogens is 1. The van der Waals surface area contributed by atoms with E-state index >= 15 is 0 Å². The van der Waals surface area contributed by atoms with Crippen molar-refractivity contribution in [1.29, 1.82) is 0 Å². The fourth-order valence-corrected chi connectivity index (χ4v) is 4.76. The van der Waals surface area contributed by atoms with Gasteiger partial charge in [-0.25, -0.2) is 9.78 Å². The Balaban J connectivity index is 1.81. The molecule has 0 saturated heterocycles. The topological polar surface area (TPSA) is 65.1 Å². The van der Waals surface area contributed by atoms with Crippen molar-refractivity contribution in [2.75, 3.05) is 0 Å². The summed E-state index contributed by atoms with van der Waals surface area (Å²) in [6, 6.07) is 10.7. The molecule has 0 aliphatic carbocycles. The second-order valence-corrected chi connectivity index (χ2v) is 9.51. The molecular formula is C24H23ClN2O3S. The second kappa shape index (κ2) is 8.52. The zero-order valence-electron chi connectivity index (χ0n) is 17.9. The smallest absolute Gasteiger partial charge is 0.336 e. The molecule has 0 fully saturated rings. The molecule has 0 spiro atoms. The van der Waals surface area contributed by atoms with Crippen LogP contribution < -0.4 is 11.2 Å². The van der Waals surface area contributed by atoms with E-state index in [-0.39, 0.29) is 17.1 Å².